The zero-order valence-corrected chi connectivity index (χ0v) is 21.6. The van der Waals surface area contributed by atoms with Crippen molar-refractivity contribution < 1.29 is 21.5 Å². The van der Waals surface area contributed by atoms with Gasteiger partial charge in [-0.05, 0) is 38.6 Å². The molecule has 0 aliphatic heterocycles. The fourth-order valence-electron chi connectivity index (χ4n) is 3.81. The standard InChI is InChI=1S/C24H53N2.BrH/c1-8-9-10-11-12-13-14-15-16-17-20-25(22-23(2)3)24(4)19-18-21-26(5,6)7;/h23-24H,8-22H2,1-7H3;1H/q+1;/p-1. The van der Waals surface area contributed by atoms with E-state index in [1.54, 1.807) is 0 Å². The number of quaternary nitrogens is 1. The highest BCUT2D eigenvalue weighted by atomic mass is 79.9. The highest BCUT2D eigenvalue weighted by Crippen LogP contribution is 2.14. The maximum Gasteiger partial charge on any atom is 0.0781 e. The van der Waals surface area contributed by atoms with Crippen LogP contribution in [0, 0.1) is 5.92 Å². The molecule has 0 aromatic rings. The Balaban J connectivity index is 0. The molecule has 0 aromatic carbocycles. The van der Waals surface area contributed by atoms with Crippen molar-refractivity contribution in [3.63, 3.8) is 0 Å². The largest absolute Gasteiger partial charge is 1.00 e. The summed E-state index contributed by atoms with van der Waals surface area (Å²) in [5.41, 5.74) is 0. The van der Waals surface area contributed by atoms with Crippen LogP contribution < -0.4 is 17.0 Å². The normalized spacial score (nSPS) is 13.2. The van der Waals surface area contributed by atoms with Gasteiger partial charge in [-0.15, -0.1) is 0 Å². The van der Waals surface area contributed by atoms with E-state index in [9.17, 15) is 0 Å². The first-order valence-corrected chi connectivity index (χ1v) is 11.8. The molecule has 0 spiro atoms. The van der Waals surface area contributed by atoms with Crippen LogP contribution >= 0.6 is 0 Å². The lowest BCUT2D eigenvalue weighted by Crippen LogP contribution is -3.00. The van der Waals surface area contributed by atoms with Gasteiger partial charge in [-0.1, -0.05) is 78.6 Å². The molecule has 0 rings (SSSR count). The van der Waals surface area contributed by atoms with Crippen LogP contribution in [-0.4, -0.2) is 56.2 Å². The highest BCUT2D eigenvalue weighted by Gasteiger charge is 2.16. The molecule has 27 heavy (non-hydrogen) atoms. The van der Waals surface area contributed by atoms with Gasteiger partial charge < -0.3 is 26.4 Å². The molecule has 0 aromatic heterocycles. The molecular formula is C24H53BrN2. The lowest BCUT2D eigenvalue weighted by atomic mass is 10.0. The summed E-state index contributed by atoms with van der Waals surface area (Å²) in [5.74, 6) is 0.777. The summed E-state index contributed by atoms with van der Waals surface area (Å²) in [5, 5.41) is 0. The number of nitrogens with zero attached hydrogens (tertiary/aromatic N) is 2. The Morgan fingerprint density at radius 2 is 1.19 bits per heavy atom. The Labute approximate surface area is 183 Å². The SMILES string of the molecule is CCCCCCCCCCCCN(CC(C)C)C(C)CCC[N+](C)(C)C.[Br-]. The van der Waals surface area contributed by atoms with Gasteiger partial charge in [0.25, 0.3) is 0 Å². The fourth-order valence-corrected chi connectivity index (χ4v) is 3.81. The van der Waals surface area contributed by atoms with Crippen LogP contribution in [0.15, 0.2) is 0 Å². The van der Waals surface area contributed by atoms with E-state index in [1.165, 1.54) is 96.7 Å². The second kappa shape index (κ2) is 18.4. The molecule has 0 bridgehead atoms. The number of unbranched alkanes of at least 4 members (excludes halogenated alkanes) is 9. The monoisotopic (exact) mass is 448 g/mol. The van der Waals surface area contributed by atoms with Crippen molar-refractivity contribution in [1.82, 2.24) is 4.90 Å². The summed E-state index contributed by atoms with van der Waals surface area (Å²) in [6.07, 6.45) is 17.0. The predicted octanol–water partition coefficient (Wildman–Crippen LogP) is 3.74. The molecule has 0 fully saturated rings. The summed E-state index contributed by atoms with van der Waals surface area (Å²) in [4.78, 5) is 2.77. The number of hydrogen-bond acceptors (Lipinski definition) is 1. The van der Waals surface area contributed by atoms with Crippen LogP contribution in [0.4, 0.5) is 0 Å². The van der Waals surface area contributed by atoms with Crippen molar-refractivity contribution in [3.05, 3.63) is 0 Å². The van der Waals surface area contributed by atoms with Gasteiger partial charge in [0.1, 0.15) is 0 Å². The van der Waals surface area contributed by atoms with Gasteiger partial charge in [-0.3, -0.25) is 0 Å². The molecule has 0 amide bonds. The molecule has 2 nitrogen and oxygen atoms in total. The maximum atomic E-state index is 2.77. The van der Waals surface area contributed by atoms with E-state index < -0.39 is 0 Å². The lowest BCUT2D eigenvalue weighted by molar-refractivity contribution is -0.870. The first-order chi connectivity index (χ1) is 12.3. The van der Waals surface area contributed by atoms with Crippen molar-refractivity contribution >= 4 is 0 Å². The number of rotatable bonds is 18. The minimum absolute atomic E-state index is 0. The quantitative estimate of drug-likeness (QED) is 0.228. The molecule has 166 valence electrons. The van der Waals surface area contributed by atoms with E-state index in [2.05, 4.69) is 53.7 Å². The second-order valence-corrected chi connectivity index (χ2v) is 10.1. The summed E-state index contributed by atoms with van der Waals surface area (Å²) >= 11 is 0. The van der Waals surface area contributed by atoms with Crippen LogP contribution in [0.3, 0.4) is 0 Å². The van der Waals surface area contributed by atoms with Gasteiger partial charge in [0, 0.05) is 12.6 Å². The molecule has 0 heterocycles. The Morgan fingerprint density at radius 3 is 1.63 bits per heavy atom. The molecule has 0 aliphatic carbocycles. The average Bonchev–Trinajstić information content (AvgIpc) is 2.53. The Hall–Kier alpha value is 0.400. The van der Waals surface area contributed by atoms with Gasteiger partial charge in [0.05, 0.1) is 27.7 Å². The summed E-state index contributed by atoms with van der Waals surface area (Å²) < 4.78 is 1.09. The Kier molecular flexibility index (Phi) is 20.2. The maximum absolute atomic E-state index is 2.77. The molecule has 0 N–H and O–H groups in total. The smallest absolute Gasteiger partial charge is 0.0781 e. The van der Waals surface area contributed by atoms with Crippen molar-refractivity contribution in [2.75, 3.05) is 40.8 Å². The van der Waals surface area contributed by atoms with Crippen LogP contribution in [0.25, 0.3) is 0 Å². The third-order valence-corrected chi connectivity index (χ3v) is 5.47. The van der Waals surface area contributed by atoms with Crippen molar-refractivity contribution in [1.29, 1.82) is 0 Å². The minimum atomic E-state index is 0. The van der Waals surface area contributed by atoms with Crippen molar-refractivity contribution in [3.8, 4) is 0 Å². The second-order valence-electron chi connectivity index (χ2n) is 10.1. The lowest BCUT2D eigenvalue weighted by Gasteiger charge is -2.32. The molecule has 3 heteroatoms. The fraction of sp³-hybridized carbons (Fsp3) is 1.00. The summed E-state index contributed by atoms with van der Waals surface area (Å²) in [6, 6.07) is 0.738. The zero-order valence-electron chi connectivity index (χ0n) is 20.0. The summed E-state index contributed by atoms with van der Waals surface area (Å²) in [6.45, 7) is 13.3. The molecule has 1 unspecified atom stereocenters. The van der Waals surface area contributed by atoms with E-state index in [4.69, 9.17) is 0 Å². The molecular weight excluding hydrogens is 396 g/mol. The Morgan fingerprint density at radius 1 is 0.704 bits per heavy atom. The van der Waals surface area contributed by atoms with Gasteiger partial charge in [-0.25, -0.2) is 0 Å². The number of hydrogen-bond donors (Lipinski definition) is 0. The minimum Gasteiger partial charge on any atom is -1.00 e. The topological polar surface area (TPSA) is 3.24 Å². The van der Waals surface area contributed by atoms with Crippen molar-refractivity contribution in [2.24, 2.45) is 5.92 Å². The van der Waals surface area contributed by atoms with Gasteiger partial charge >= 0.3 is 0 Å². The van der Waals surface area contributed by atoms with E-state index >= 15 is 0 Å². The molecule has 0 radical (unpaired) electrons. The molecule has 0 saturated carbocycles. The first kappa shape index (κ1) is 29.6. The van der Waals surface area contributed by atoms with E-state index in [-0.39, 0.29) is 17.0 Å². The molecule has 0 saturated heterocycles. The van der Waals surface area contributed by atoms with Gasteiger partial charge in [0.2, 0.25) is 0 Å². The predicted molar refractivity (Wildman–Crippen MR) is 120 cm³/mol. The van der Waals surface area contributed by atoms with Crippen LogP contribution in [0.1, 0.15) is 105 Å². The number of halogens is 1. The third kappa shape index (κ3) is 20.9. The third-order valence-electron chi connectivity index (χ3n) is 5.47. The summed E-state index contributed by atoms with van der Waals surface area (Å²) in [7, 11) is 6.92. The highest BCUT2D eigenvalue weighted by molar-refractivity contribution is 4.69. The zero-order chi connectivity index (χ0) is 19.8. The molecule has 0 aliphatic rings. The van der Waals surface area contributed by atoms with E-state index in [0.29, 0.717) is 0 Å². The van der Waals surface area contributed by atoms with E-state index in [0.717, 1.165) is 16.4 Å². The van der Waals surface area contributed by atoms with Crippen LogP contribution in [0.2, 0.25) is 0 Å². The van der Waals surface area contributed by atoms with E-state index in [1.807, 2.05) is 0 Å². The Bertz CT molecular complexity index is 299. The first-order valence-electron chi connectivity index (χ1n) is 11.8. The molecule has 1 atom stereocenters. The van der Waals surface area contributed by atoms with Gasteiger partial charge in [-0.2, -0.15) is 0 Å². The average molecular weight is 450 g/mol. The van der Waals surface area contributed by atoms with Crippen LogP contribution in [-0.2, 0) is 0 Å². The van der Waals surface area contributed by atoms with Crippen LogP contribution in [0.5, 0.6) is 0 Å². The van der Waals surface area contributed by atoms with Gasteiger partial charge in [0.15, 0.2) is 0 Å². The van der Waals surface area contributed by atoms with Crippen molar-refractivity contribution in [2.45, 2.75) is 111 Å².